The average Bonchev–Trinajstić information content (AvgIpc) is 2.50. The van der Waals surface area contributed by atoms with Gasteiger partial charge in [0.15, 0.2) is 6.10 Å². The summed E-state index contributed by atoms with van der Waals surface area (Å²) in [6, 6.07) is 5.90. The number of halogens is 4. The van der Waals surface area contributed by atoms with Crippen LogP contribution in [-0.4, -0.2) is 18.0 Å². The van der Waals surface area contributed by atoms with Crippen LogP contribution in [-0.2, 0) is 9.53 Å². The van der Waals surface area contributed by atoms with Crippen molar-refractivity contribution in [2.75, 3.05) is 5.32 Å². The van der Waals surface area contributed by atoms with Crippen molar-refractivity contribution in [3.8, 4) is 0 Å². The van der Waals surface area contributed by atoms with Gasteiger partial charge in [-0.2, -0.15) is 0 Å². The number of esters is 1. The van der Waals surface area contributed by atoms with Gasteiger partial charge in [-0.05, 0) is 53.2 Å². The molecule has 0 saturated carbocycles. The number of ether oxygens (including phenoxy) is 1. The summed E-state index contributed by atoms with van der Waals surface area (Å²) in [4.78, 5) is 23.9. The Morgan fingerprint density at radius 3 is 2.38 bits per heavy atom. The Hall–Kier alpha value is -2.35. The van der Waals surface area contributed by atoms with Crippen LogP contribution in [0.15, 0.2) is 40.9 Å². The van der Waals surface area contributed by atoms with E-state index in [9.17, 15) is 22.8 Å². The highest BCUT2D eigenvalue weighted by atomic mass is 79.9. The van der Waals surface area contributed by atoms with Gasteiger partial charge in [0.1, 0.15) is 17.5 Å². The molecule has 2 rings (SSSR count). The van der Waals surface area contributed by atoms with E-state index in [1.165, 1.54) is 13.0 Å². The molecule has 0 aliphatic rings. The number of rotatable bonds is 4. The highest BCUT2D eigenvalue weighted by Gasteiger charge is 2.21. The quantitative estimate of drug-likeness (QED) is 0.786. The van der Waals surface area contributed by atoms with Crippen LogP contribution >= 0.6 is 15.9 Å². The molecule has 2 aromatic carbocycles. The SMILES string of the molecule is CC(OC(=O)c1ccc(F)cc1Br)C(=O)Nc1cc(F)ccc1F. The first-order chi connectivity index (χ1) is 11.3. The lowest BCUT2D eigenvalue weighted by molar-refractivity contribution is -0.123. The summed E-state index contributed by atoms with van der Waals surface area (Å²) in [6.45, 7) is 1.27. The summed E-state index contributed by atoms with van der Waals surface area (Å²) >= 11 is 3.01. The molecule has 1 amide bonds. The van der Waals surface area contributed by atoms with Crippen LogP contribution in [0.2, 0.25) is 0 Å². The summed E-state index contributed by atoms with van der Waals surface area (Å²) < 4.78 is 44.7. The fraction of sp³-hybridized carbons (Fsp3) is 0.125. The molecule has 0 aliphatic carbocycles. The van der Waals surface area contributed by atoms with Crippen molar-refractivity contribution >= 4 is 33.5 Å². The topological polar surface area (TPSA) is 55.4 Å². The zero-order chi connectivity index (χ0) is 17.9. The van der Waals surface area contributed by atoms with Crippen molar-refractivity contribution in [1.29, 1.82) is 0 Å². The second-order valence-corrected chi connectivity index (χ2v) is 5.64. The molecule has 1 unspecified atom stereocenters. The van der Waals surface area contributed by atoms with Crippen molar-refractivity contribution in [2.24, 2.45) is 0 Å². The third kappa shape index (κ3) is 4.35. The van der Waals surface area contributed by atoms with E-state index in [0.29, 0.717) is 0 Å². The Bertz CT molecular complexity index is 798. The van der Waals surface area contributed by atoms with Crippen LogP contribution in [0.1, 0.15) is 17.3 Å². The van der Waals surface area contributed by atoms with Gasteiger partial charge in [0, 0.05) is 10.5 Å². The normalized spacial score (nSPS) is 11.7. The van der Waals surface area contributed by atoms with Crippen LogP contribution in [0.4, 0.5) is 18.9 Å². The predicted octanol–water partition coefficient (Wildman–Crippen LogP) is 4.05. The Morgan fingerprint density at radius 2 is 1.71 bits per heavy atom. The highest BCUT2D eigenvalue weighted by molar-refractivity contribution is 9.10. The van der Waals surface area contributed by atoms with E-state index in [-0.39, 0.29) is 15.7 Å². The lowest BCUT2D eigenvalue weighted by Gasteiger charge is -2.14. The fourth-order valence-corrected chi connectivity index (χ4v) is 2.27. The molecule has 0 heterocycles. The first-order valence-electron chi connectivity index (χ1n) is 6.70. The molecule has 2 aromatic rings. The van der Waals surface area contributed by atoms with E-state index in [2.05, 4.69) is 21.2 Å². The second kappa shape index (κ2) is 7.48. The van der Waals surface area contributed by atoms with E-state index in [4.69, 9.17) is 4.74 Å². The monoisotopic (exact) mass is 401 g/mol. The molecule has 0 radical (unpaired) electrons. The molecule has 0 aromatic heterocycles. The number of benzene rings is 2. The largest absolute Gasteiger partial charge is 0.449 e. The Morgan fingerprint density at radius 1 is 1.08 bits per heavy atom. The van der Waals surface area contributed by atoms with E-state index >= 15 is 0 Å². The maximum absolute atomic E-state index is 13.5. The molecule has 0 bridgehead atoms. The molecule has 1 atom stereocenters. The minimum Gasteiger partial charge on any atom is -0.449 e. The first-order valence-corrected chi connectivity index (χ1v) is 7.49. The number of amides is 1. The summed E-state index contributed by atoms with van der Waals surface area (Å²) in [6.07, 6.45) is -1.28. The predicted molar refractivity (Wildman–Crippen MR) is 84.0 cm³/mol. The molecule has 126 valence electrons. The minimum absolute atomic E-state index is 0.0213. The second-order valence-electron chi connectivity index (χ2n) is 4.79. The number of nitrogens with one attached hydrogen (secondary N) is 1. The van der Waals surface area contributed by atoms with Gasteiger partial charge >= 0.3 is 5.97 Å². The van der Waals surface area contributed by atoms with E-state index in [1.807, 2.05) is 0 Å². The summed E-state index contributed by atoms with van der Waals surface area (Å²) in [5.41, 5.74) is -0.348. The summed E-state index contributed by atoms with van der Waals surface area (Å²) in [5, 5.41) is 2.13. The molecule has 0 fully saturated rings. The van der Waals surface area contributed by atoms with Gasteiger partial charge in [0.2, 0.25) is 0 Å². The summed E-state index contributed by atoms with van der Waals surface area (Å²) in [5.74, 6) is -3.82. The average molecular weight is 402 g/mol. The van der Waals surface area contributed by atoms with Gasteiger partial charge in [0.25, 0.3) is 5.91 Å². The number of carbonyl (C=O) groups is 2. The molecule has 24 heavy (non-hydrogen) atoms. The molecule has 1 N–H and O–H groups in total. The van der Waals surface area contributed by atoms with E-state index in [0.717, 1.165) is 30.3 Å². The molecule has 0 spiro atoms. The van der Waals surface area contributed by atoms with Gasteiger partial charge < -0.3 is 10.1 Å². The lowest BCUT2D eigenvalue weighted by atomic mass is 10.2. The molecule has 4 nitrogen and oxygen atoms in total. The van der Waals surface area contributed by atoms with Crippen molar-refractivity contribution in [3.63, 3.8) is 0 Å². The lowest BCUT2D eigenvalue weighted by Crippen LogP contribution is -2.30. The molecular weight excluding hydrogens is 391 g/mol. The van der Waals surface area contributed by atoms with Crippen LogP contribution in [0, 0.1) is 17.5 Å². The highest BCUT2D eigenvalue weighted by Crippen LogP contribution is 2.20. The number of hydrogen-bond donors (Lipinski definition) is 1. The van der Waals surface area contributed by atoms with E-state index in [1.54, 1.807) is 0 Å². The van der Waals surface area contributed by atoms with Gasteiger partial charge in [-0.15, -0.1) is 0 Å². The molecule has 8 heteroatoms. The van der Waals surface area contributed by atoms with Gasteiger partial charge in [-0.1, -0.05) is 0 Å². The zero-order valence-corrected chi connectivity index (χ0v) is 13.9. The molecule has 0 aliphatic heterocycles. The van der Waals surface area contributed by atoms with Crippen LogP contribution in [0.3, 0.4) is 0 Å². The van der Waals surface area contributed by atoms with Crippen molar-refractivity contribution in [3.05, 3.63) is 63.9 Å². The first kappa shape index (κ1) is 18.0. The standard InChI is InChI=1S/C16H11BrF3NO3/c1-8(15(22)21-14-7-10(19)3-5-13(14)20)24-16(23)11-4-2-9(18)6-12(11)17/h2-8H,1H3,(H,21,22). The van der Waals surface area contributed by atoms with Gasteiger partial charge in [-0.3, -0.25) is 4.79 Å². The number of hydrogen-bond acceptors (Lipinski definition) is 3. The van der Waals surface area contributed by atoms with Crippen LogP contribution in [0.25, 0.3) is 0 Å². The van der Waals surface area contributed by atoms with Gasteiger partial charge in [-0.25, -0.2) is 18.0 Å². The Balaban J connectivity index is 2.05. The van der Waals surface area contributed by atoms with E-state index < -0.39 is 35.4 Å². The Labute approximate surface area is 143 Å². The number of carbonyl (C=O) groups excluding carboxylic acids is 2. The minimum atomic E-state index is -1.28. The van der Waals surface area contributed by atoms with Gasteiger partial charge in [0.05, 0.1) is 11.3 Å². The third-order valence-electron chi connectivity index (χ3n) is 2.99. The molecular formula is C16H11BrF3NO3. The maximum atomic E-state index is 13.5. The maximum Gasteiger partial charge on any atom is 0.340 e. The fourth-order valence-electron chi connectivity index (χ4n) is 1.76. The van der Waals surface area contributed by atoms with Crippen LogP contribution in [0.5, 0.6) is 0 Å². The van der Waals surface area contributed by atoms with Crippen molar-refractivity contribution < 1.29 is 27.5 Å². The summed E-state index contributed by atoms with van der Waals surface area (Å²) in [7, 11) is 0. The Kier molecular flexibility index (Phi) is 5.61. The number of anilines is 1. The smallest absolute Gasteiger partial charge is 0.340 e. The zero-order valence-electron chi connectivity index (χ0n) is 12.3. The molecule has 0 saturated heterocycles. The van der Waals surface area contributed by atoms with Crippen molar-refractivity contribution in [2.45, 2.75) is 13.0 Å². The van der Waals surface area contributed by atoms with Crippen LogP contribution < -0.4 is 5.32 Å². The third-order valence-corrected chi connectivity index (χ3v) is 3.65. The van der Waals surface area contributed by atoms with Crippen molar-refractivity contribution in [1.82, 2.24) is 0 Å².